The van der Waals surface area contributed by atoms with Crippen LogP contribution in [0.3, 0.4) is 0 Å². The average Bonchev–Trinajstić information content (AvgIpc) is 2.38. The van der Waals surface area contributed by atoms with Crippen molar-refractivity contribution in [1.29, 1.82) is 0 Å². The lowest BCUT2D eigenvalue weighted by molar-refractivity contribution is 0.103. The van der Waals surface area contributed by atoms with Gasteiger partial charge in [0.25, 0.3) is 0 Å². The molecule has 0 aliphatic rings. The topological polar surface area (TPSA) is 77.2 Å². The molecule has 0 heterocycles. The van der Waals surface area contributed by atoms with E-state index < -0.39 is 10.0 Å². The van der Waals surface area contributed by atoms with E-state index in [9.17, 15) is 13.2 Å². The van der Waals surface area contributed by atoms with Crippen LogP contribution in [0, 0.1) is 0 Å². The molecule has 98 valence electrons. The fraction of sp³-hybridized carbons (Fsp3) is 0. The van der Waals surface area contributed by atoms with Crippen molar-refractivity contribution in [3.8, 4) is 0 Å². The van der Waals surface area contributed by atoms with Crippen LogP contribution in [0.15, 0.2) is 53.4 Å². The van der Waals surface area contributed by atoms with E-state index >= 15 is 0 Å². The predicted octanol–water partition coefficient (Wildman–Crippen LogP) is 2.22. The molecule has 0 amide bonds. The Labute approximate surface area is 115 Å². The van der Waals surface area contributed by atoms with Gasteiger partial charge in [-0.3, -0.25) is 4.79 Å². The summed E-state index contributed by atoms with van der Waals surface area (Å²) in [6.07, 6.45) is 0. The molecule has 4 nitrogen and oxygen atoms in total. The zero-order valence-corrected chi connectivity index (χ0v) is 11.3. The first-order valence-corrected chi connectivity index (χ1v) is 7.24. The quantitative estimate of drug-likeness (QED) is 0.882. The smallest absolute Gasteiger partial charge is 0.239 e. The van der Waals surface area contributed by atoms with Gasteiger partial charge in [-0.2, -0.15) is 0 Å². The third-order valence-electron chi connectivity index (χ3n) is 2.54. The molecule has 0 spiro atoms. The third-order valence-corrected chi connectivity index (χ3v) is 3.93. The van der Waals surface area contributed by atoms with Gasteiger partial charge in [0.05, 0.1) is 5.02 Å². The normalized spacial score (nSPS) is 11.3. The zero-order chi connectivity index (χ0) is 14.0. The van der Waals surface area contributed by atoms with E-state index in [1.54, 1.807) is 30.3 Å². The lowest BCUT2D eigenvalue weighted by Gasteiger charge is -2.05. The van der Waals surface area contributed by atoms with E-state index in [0.717, 1.165) is 0 Å². The summed E-state index contributed by atoms with van der Waals surface area (Å²) >= 11 is 5.76. The highest BCUT2D eigenvalue weighted by Crippen LogP contribution is 2.22. The molecule has 0 aliphatic heterocycles. The van der Waals surface area contributed by atoms with E-state index in [4.69, 9.17) is 16.7 Å². The maximum Gasteiger partial charge on any atom is 0.239 e. The lowest BCUT2D eigenvalue weighted by Crippen LogP contribution is -2.14. The Morgan fingerprint density at radius 1 is 1.00 bits per heavy atom. The Morgan fingerprint density at radius 2 is 1.63 bits per heavy atom. The number of sulfonamides is 1. The van der Waals surface area contributed by atoms with Gasteiger partial charge >= 0.3 is 0 Å². The molecule has 2 aromatic carbocycles. The average molecular weight is 296 g/mol. The SMILES string of the molecule is NS(=O)(=O)c1cc(C(=O)c2ccccc2)ccc1Cl. The lowest BCUT2D eigenvalue weighted by atomic mass is 10.0. The maximum atomic E-state index is 12.2. The van der Waals surface area contributed by atoms with E-state index in [1.807, 2.05) is 0 Å². The Kier molecular flexibility index (Phi) is 3.71. The summed E-state index contributed by atoms with van der Waals surface area (Å²) in [5.74, 6) is -0.290. The molecule has 0 aromatic heterocycles. The Balaban J connectivity index is 2.51. The number of hydrogen-bond donors (Lipinski definition) is 1. The van der Waals surface area contributed by atoms with Crippen LogP contribution in [0.1, 0.15) is 15.9 Å². The minimum atomic E-state index is -3.96. The number of hydrogen-bond acceptors (Lipinski definition) is 3. The molecule has 2 aromatic rings. The molecule has 0 saturated carbocycles. The molecule has 0 fully saturated rings. The van der Waals surface area contributed by atoms with Crippen LogP contribution in [0.2, 0.25) is 5.02 Å². The Hall–Kier alpha value is -1.69. The summed E-state index contributed by atoms with van der Waals surface area (Å²) in [6, 6.07) is 12.5. The minimum absolute atomic E-state index is 0.00730. The fourth-order valence-corrected chi connectivity index (χ4v) is 2.69. The number of ketones is 1. The van der Waals surface area contributed by atoms with Gasteiger partial charge in [-0.25, -0.2) is 13.6 Å². The second-order valence-corrected chi connectivity index (χ2v) is 5.82. The van der Waals surface area contributed by atoms with Crippen LogP contribution in [-0.2, 0) is 10.0 Å². The second kappa shape index (κ2) is 5.13. The van der Waals surface area contributed by atoms with E-state index in [1.165, 1.54) is 18.2 Å². The fourth-order valence-electron chi connectivity index (χ4n) is 1.62. The number of primary sulfonamides is 1. The van der Waals surface area contributed by atoms with Crippen LogP contribution in [0.4, 0.5) is 0 Å². The Morgan fingerprint density at radius 3 is 2.21 bits per heavy atom. The summed E-state index contributed by atoms with van der Waals surface area (Å²) in [5.41, 5.74) is 0.685. The predicted molar refractivity (Wildman–Crippen MR) is 72.7 cm³/mol. The summed E-state index contributed by atoms with van der Waals surface area (Å²) in [6.45, 7) is 0. The maximum absolute atomic E-state index is 12.2. The summed E-state index contributed by atoms with van der Waals surface area (Å²) in [5, 5.41) is 5.03. The molecular formula is C13H10ClNO3S. The van der Waals surface area contributed by atoms with Crippen LogP contribution in [-0.4, -0.2) is 14.2 Å². The van der Waals surface area contributed by atoms with Crippen LogP contribution in [0.5, 0.6) is 0 Å². The number of benzene rings is 2. The molecule has 0 saturated heterocycles. The highest BCUT2D eigenvalue weighted by atomic mass is 35.5. The first-order chi connectivity index (χ1) is 8.89. The summed E-state index contributed by atoms with van der Waals surface area (Å²) in [7, 11) is -3.96. The van der Waals surface area contributed by atoms with Gasteiger partial charge in [0, 0.05) is 11.1 Å². The van der Waals surface area contributed by atoms with Gasteiger partial charge in [-0.1, -0.05) is 41.9 Å². The molecule has 2 rings (SSSR count). The molecule has 0 bridgehead atoms. The van der Waals surface area contributed by atoms with Crippen molar-refractivity contribution in [1.82, 2.24) is 0 Å². The Bertz CT molecular complexity index is 727. The van der Waals surface area contributed by atoms with Gasteiger partial charge in [0.2, 0.25) is 10.0 Å². The van der Waals surface area contributed by atoms with Crippen molar-refractivity contribution in [3.05, 3.63) is 64.7 Å². The van der Waals surface area contributed by atoms with Crippen molar-refractivity contribution in [2.75, 3.05) is 0 Å². The van der Waals surface area contributed by atoms with Gasteiger partial charge in [0.1, 0.15) is 4.90 Å². The zero-order valence-electron chi connectivity index (χ0n) is 9.71. The molecule has 0 unspecified atom stereocenters. The van der Waals surface area contributed by atoms with Crippen LogP contribution in [0.25, 0.3) is 0 Å². The number of rotatable bonds is 3. The van der Waals surface area contributed by atoms with Crippen molar-refractivity contribution in [2.24, 2.45) is 5.14 Å². The molecule has 0 atom stereocenters. The van der Waals surface area contributed by atoms with E-state index in [2.05, 4.69) is 0 Å². The monoisotopic (exact) mass is 295 g/mol. The largest absolute Gasteiger partial charge is 0.289 e. The highest BCUT2D eigenvalue weighted by molar-refractivity contribution is 7.89. The standard InChI is InChI=1S/C13H10ClNO3S/c14-11-7-6-10(8-12(11)19(15,17)18)13(16)9-4-2-1-3-5-9/h1-8H,(H2,15,17,18). The number of nitrogens with two attached hydrogens (primary N) is 1. The molecule has 0 radical (unpaired) electrons. The first kappa shape index (κ1) is 13.7. The van der Waals surface area contributed by atoms with Crippen molar-refractivity contribution >= 4 is 27.4 Å². The highest BCUT2D eigenvalue weighted by Gasteiger charge is 2.17. The summed E-state index contributed by atoms with van der Waals surface area (Å²) < 4.78 is 22.7. The van der Waals surface area contributed by atoms with Crippen molar-refractivity contribution in [3.63, 3.8) is 0 Å². The van der Waals surface area contributed by atoms with Crippen LogP contribution >= 0.6 is 11.6 Å². The molecular weight excluding hydrogens is 286 g/mol. The molecule has 6 heteroatoms. The molecule has 19 heavy (non-hydrogen) atoms. The second-order valence-electron chi connectivity index (χ2n) is 3.89. The van der Waals surface area contributed by atoms with Gasteiger partial charge in [-0.15, -0.1) is 0 Å². The van der Waals surface area contributed by atoms with Gasteiger partial charge in [0.15, 0.2) is 5.78 Å². The first-order valence-electron chi connectivity index (χ1n) is 5.31. The third kappa shape index (κ3) is 3.01. The van der Waals surface area contributed by atoms with Crippen molar-refractivity contribution in [2.45, 2.75) is 4.90 Å². The number of carbonyl (C=O) groups excluding carboxylic acids is 1. The molecule has 2 N–H and O–H groups in total. The summed E-state index contributed by atoms with van der Waals surface area (Å²) in [4.78, 5) is 11.9. The van der Waals surface area contributed by atoms with E-state index in [0.29, 0.717) is 5.56 Å². The van der Waals surface area contributed by atoms with Crippen LogP contribution < -0.4 is 5.14 Å². The minimum Gasteiger partial charge on any atom is -0.289 e. The molecule has 0 aliphatic carbocycles. The van der Waals surface area contributed by atoms with E-state index in [-0.39, 0.29) is 21.3 Å². The van der Waals surface area contributed by atoms with Gasteiger partial charge in [-0.05, 0) is 18.2 Å². The number of carbonyl (C=O) groups is 1. The number of halogens is 1. The van der Waals surface area contributed by atoms with Crippen molar-refractivity contribution < 1.29 is 13.2 Å². The van der Waals surface area contributed by atoms with Gasteiger partial charge < -0.3 is 0 Å².